The van der Waals surface area contributed by atoms with Crippen molar-refractivity contribution in [1.82, 2.24) is 4.90 Å². The van der Waals surface area contributed by atoms with Crippen LogP contribution in [0.4, 0.5) is 0 Å². The zero-order valence-corrected chi connectivity index (χ0v) is 10.4. The van der Waals surface area contributed by atoms with Gasteiger partial charge in [0.15, 0.2) is 0 Å². The van der Waals surface area contributed by atoms with Crippen LogP contribution in [-0.2, 0) is 11.2 Å². The maximum Gasteiger partial charge on any atom is 0.223 e. The molecule has 17 heavy (non-hydrogen) atoms. The summed E-state index contributed by atoms with van der Waals surface area (Å²) >= 11 is 0. The summed E-state index contributed by atoms with van der Waals surface area (Å²) in [4.78, 5) is 13.7. The molecule has 0 saturated carbocycles. The summed E-state index contributed by atoms with van der Waals surface area (Å²) in [5.41, 5.74) is 1.19. The van der Waals surface area contributed by atoms with Crippen molar-refractivity contribution in [2.24, 2.45) is 0 Å². The monoisotopic (exact) mass is 229 g/mol. The Hall–Kier alpha value is -1.75. The van der Waals surface area contributed by atoms with E-state index in [4.69, 9.17) is 6.42 Å². The van der Waals surface area contributed by atoms with Crippen molar-refractivity contribution < 1.29 is 4.79 Å². The van der Waals surface area contributed by atoms with Gasteiger partial charge < -0.3 is 4.90 Å². The Morgan fingerprint density at radius 2 is 2.06 bits per heavy atom. The van der Waals surface area contributed by atoms with Crippen LogP contribution in [0, 0.1) is 12.3 Å². The maximum absolute atomic E-state index is 11.9. The molecule has 0 fully saturated rings. The first-order chi connectivity index (χ1) is 8.27. The molecule has 0 bridgehead atoms. The first-order valence-corrected chi connectivity index (χ1v) is 6.03. The first-order valence-electron chi connectivity index (χ1n) is 6.03. The summed E-state index contributed by atoms with van der Waals surface area (Å²) < 4.78 is 0. The van der Waals surface area contributed by atoms with E-state index < -0.39 is 0 Å². The van der Waals surface area contributed by atoms with Crippen LogP contribution in [0.25, 0.3) is 0 Å². The van der Waals surface area contributed by atoms with Crippen LogP contribution in [0.15, 0.2) is 30.3 Å². The normalized spacial score (nSPS) is 9.65. The van der Waals surface area contributed by atoms with Gasteiger partial charge >= 0.3 is 0 Å². The quantitative estimate of drug-likeness (QED) is 0.686. The first kappa shape index (κ1) is 13.3. The van der Waals surface area contributed by atoms with Crippen LogP contribution >= 0.6 is 0 Å². The highest BCUT2D eigenvalue weighted by Gasteiger charge is 2.10. The molecule has 0 spiro atoms. The number of hydrogen-bond donors (Lipinski definition) is 0. The molecule has 0 unspecified atom stereocenters. The molecule has 0 heterocycles. The molecule has 0 saturated heterocycles. The van der Waals surface area contributed by atoms with Crippen molar-refractivity contribution in [3.63, 3.8) is 0 Å². The number of carbonyl (C=O) groups is 1. The topological polar surface area (TPSA) is 20.3 Å². The van der Waals surface area contributed by atoms with Gasteiger partial charge in [0.25, 0.3) is 0 Å². The van der Waals surface area contributed by atoms with Crippen molar-refractivity contribution in [3.05, 3.63) is 35.9 Å². The Morgan fingerprint density at radius 3 is 2.65 bits per heavy atom. The van der Waals surface area contributed by atoms with Crippen molar-refractivity contribution in [2.75, 3.05) is 13.1 Å². The van der Waals surface area contributed by atoms with Crippen molar-refractivity contribution in [2.45, 2.75) is 26.2 Å². The van der Waals surface area contributed by atoms with Gasteiger partial charge in [-0.05, 0) is 18.4 Å². The Morgan fingerprint density at radius 1 is 1.35 bits per heavy atom. The van der Waals surface area contributed by atoms with Crippen LogP contribution in [-0.4, -0.2) is 23.9 Å². The van der Waals surface area contributed by atoms with E-state index >= 15 is 0 Å². The lowest BCUT2D eigenvalue weighted by Crippen LogP contribution is -2.32. The van der Waals surface area contributed by atoms with E-state index in [-0.39, 0.29) is 5.91 Å². The Bertz CT molecular complexity index is 378. The highest BCUT2D eigenvalue weighted by atomic mass is 16.2. The third kappa shape index (κ3) is 4.74. The molecule has 0 atom stereocenters. The van der Waals surface area contributed by atoms with Crippen LogP contribution in [0.1, 0.15) is 25.3 Å². The maximum atomic E-state index is 11.9. The van der Waals surface area contributed by atoms with Gasteiger partial charge in [0, 0.05) is 13.0 Å². The number of benzene rings is 1. The highest BCUT2D eigenvalue weighted by molar-refractivity contribution is 5.76. The van der Waals surface area contributed by atoms with E-state index in [0.29, 0.717) is 13.0 Å². The molecule has 0 aliphatic heterocycles. The molecule has 2 nitrogen and oxygen atoms in total. The molecule has 0 aromatic heterocycles. The third-order valence-electron chi connectivity index (χ3n) is 2.60. The van der Waals surface area contributed by atoms with E-state index in [1.807, 2.05) is 37.3 Å². The van der Waals surface area contributed by atoms with Crippen molar-refractivity contribution in [3.8, 4) is 12.3 Å². The minimum atomic E-state index is 0.147. The molecule has 0 aliphatic rings. The van der Waals surface area contributed by atoms with Gasteiger partial charge in [0.1, 0.15) is 0 Å². The predicted octanol–water partition coefficient (Wildman–Crippen LogP) is 2.49. The largest absolute Gasteiger partial charge is 0.332 e. The molecule has 1 aromatic carbocycles. The second-order valence-corrected chi connectivity index (χ2v) is 4.01. The van der Waals surface area contributed by atoms with E-state index in [1.165, 1.54) is 5.56 Å². The average molecular weight is 229 g/mol. The van der Waals surface area contributed by atoms with Crippen LogP contribution < -0.4 is 0 Å². The molecular weight excluding hydrogens is 210 g/mol. The highest BCUT2D eigenvalue weighted by Crippen LogP contribution is 2.05. The summed E-state index contributed by atoms with van der Waals surface area (Å²) in [7, 11) is 0. The Kier molecular flexibility index (Phi) is 5.88. The molecule has 90 valence electrons. The lowest BCUT2D eigenvalue weighted by molar-refractivity contribution is -0.130. The molecular formula is C15H19NO. The van der Waals surface area contributed by atoms with Crippen LogP contribution in [0.3, 0.4) is 0 Å². The second kappa shape index (κ2) is 7.51. The molecule has 2 heteroatoms. The van der Waals surface area contributed by atoms with Gasteiger partial charge in [-0.1, -0.05) is 43.2 Å². The number of hydrogen-bond acceptors (Lipinski definition) is 1. The summed E-state index contributed by atoms with van der Waals surface area (Å²) in [6.45, 7) is 3.22. The van der Waals surface area contributed by atoms with Gasteiger partial charge in [-0.2, -0.15) is 0 Å². The summed E-state index contributed by atoms with van der Waals surface area (Å²) in [6, 6.07) is 10.0. The van der Waals surface area contributed by atoms with Crippen molar-refractivity contribution >= 4 is 5.91 Å². The Labute approximate surface area is 104 Å². The van der Waals surface area contributed by atoms with Gasteiger partial charge in [0.05, 0.1) is 6.54 Å². The minimum Gasteiger partial charge on any atom is -0.332 e. The van der Waals surface area contributed by atoms with Gasteiger partial charge in [0.2, 0.25) is 5.91 Å². The molecule has 1 aromatic rings. The van der Waals surface area contributed by atoms with E-state index in [9.17, 15) is 4.79 Å². The van der Waals surface area contributed by atoms with Crippen LogP contribution in [0.2, 0.25) is 0 Å². The summed E-state index contributed by atoms with van der Waals surface area (Å²) in [5, 5.41) is 0. The number of rotatable bonds is 6. The van der Waals surface area contributed by atoms with E-state index in [1.54, 1.807) is 4.90 Å². The predicted molar refractivity (Wildman–Crippen MR) is 70.5 cm³/mol. The zero-order valence-electron chi connectivity index (χ0n) is 10.4. The number of aryl methyl sites for hydroxylation is 1. The third-order valence-corrected chi connectivity index (χ3v) is 2.60. The standard InChI is InChI=1S/C15H19NO/c1-3-12-16(13-4-2)15(17)11-10-14-8-6-5-7-9-14/h1,5-9H,4,10-13H2,2H3. The fourth-order valence-corrected chi connectivity index (χ4v) is 1.73. The lowest BCUT2D eigenvalue weighted by atomic mass is 10.1. The SMILES string of the molecule is C#CCN(CCC)C(=O)CCc1ccccc1. The van der Waals surface area contributed by atoms with Gasteiger partial charge in [-0.15, -0.1) is 6.42 Å². The summed E-state index contributed by atoms with van der Waals surface area (Å²) in [5.74, 6) is 2.68. The van der Waals surface area contributed by atoms with Gasteiger partial charge in [-0.25, -0.2) is 0 Å². The number of terminal acetylenes is 1. The smallest absolute Gasteiger partial charge is 0.223 e. The van der Waals surface area contributed by atoms with Gasteiger partial charge in [-0.3, -0.25) is 4.79 Å². The fourth-order valence-electron chi connectivity index (χ4n) is 1.73. The number of carbonyl (C=O) groups excluding carboxylic acids is 1. The molecule has 1 rings (SSSR count). The van der Waals surface area contributed by atoms with Crippen molar-refractivity contribution in [1.29, 1.82) is 0 Å². The van der Waals surface area contributed by atoms with E-state index in [2.05, 4.69) is 5.92 Å². The molecule has 0 aliphatic carbocycles. The van der Waals surface area contributed by atoms with Crippen LogP contribution in [0.5, 0.6) is 0 Å². The molecule has 0 N–H and O–H groups in total. The fraction of sp³-hybridized carbons (Fsp3) is 0.400. The molecule has 0 radical (unpaired) electrons. The summed E-state index contributed by atoms with van der Waals surface area (Å²) in [6.07, 6.45) is 7.52. The minimum absolute atomic E-state index is 0.147. The average Bonchev–Trinajstić information content (AvgIpc) is 2.37. The zero-order chi connectivity index (χ0) is 12.5. The van der Waals surface area contributed by atoms with E-state index in [0.717, 1.165) is 19.4 Å². The number of nitrogens with zero attached hydrogens (tertiary/aromatic N) is 1. The Balaban J connectivity index is 2.45. The number of amides is 1. The molecule has 1 amide bonds. The second-order valence-electron chi connectivity index (χ2n) is 4.01. The lowest BCUT2D eigenvalue weighted by Gasteiger charge is -2.19.